The standard InChI is InChI=1S/C22H42/c1-7-18(9-15(3)4)12-19(8-2)22-13-20-10-16(5)17(6)11-21(20)14-22/h15-22H,7-14H2,1-6H3. The van der Waals surface area contributed by atoms with Crippen molar-refractivity contribution in [2.24, 2.45) is 47.3 Å². The second-order valence-electron chi connectivity index (χ2n) is 9.49. The van der Waals surface area contributed by atoms with E-state index >= 15 is 0 Å². The fourth-order valence-corrected chi connectivity index (χ4v) is 5.86. The number of hydrogen-bond donors (Lipinski definition) is 0. The van der Waals surface area contributed by atoms with Crippen molar-refractivity contribution >= 4 is 0 Å². The van der Waals surface area contributed by atoms with Gasteiger partial charge in [-0.05, 0) is 85.9 Å². The van der Waals surface area contributed by atoms with Crippen LogP contribution in [0, 0.1) is 47.3 Å². The van der Waals surface area contributed by atoms with Crippen LogP contribution in [0.4, 0.5) is 0 Å². The zero-order valence-electron chi connectivity index (χ0n) is 16.3. The van der Waals surface area contributed by atoms with E-state index in [-0.39, 0.29) is 0 Å². The summed E-state index contributed by atoms with van der Waals surface area (Å²) in [6, 6.07) is 0. The average molecular weight is 307 g/mol. The van der Waals surface area contributed by atoms with Gasteiger partial charge in [-0.25, -0.2) is 0 Å². The maximum Gasteiger partial charge on any atom is -0.0380 e. The van der Waals surface area contributed by atoms with Gasteiger partial charge in [-0.3, -0.25) is 0 Å². The summed E-state index contributed by atoms with van der Waals surface area (Å²) in [5, 5.41) is 0. The lowest BCUT2D eigenvalue weighted by Gasteiger charge is -2.34. The first kappa shape index (κ1) is 18.3. The summed E-state index contributed by atoms with van der Waals surface area (Å²) < 4.78 is 0. The Balaban J connectivity index is 1.92. The average Bonchev–Trinajstić information content (AvgIpc) is 2.86. The van der Waals surface area contributed by atoms with Gasteiger partial charge < -0.3 is 0 Å². The lowest BCUT2D eigenvalue weighted by atomic mass is 9.71. The van der Waals surface area contributed by atoms with Gasteiger partial charge in [0.2, 0.25) is 0 Å². The van der Waals surface area contributed by atoms with Crippen molar-refractivity contribution in [2.75, 3.05) is 0 Å². The van der Waals surface area contributed by atoms with Gasteiger partial charge in [0.05, 0.1) is 0 Å². The van der Waals surface area contributed by atoms with Crippen LogP contribution in [0.5, 0.6) is 0 Å². The van der Waals surface area contributed by atoms with Crippen LogP contribution < -0.4 is 0 Å². The number of rotatable bonds is 7. The molecule has 6 unspecified atom stereocenters. The van der Waals surface area contributed by atoms with Crippen molar-refractivity contribution in [1.29, 1.82) is 0 Å². The molecule has 0 aliphatic heterocycles. The molecule has 0 aromatic heterocycles. The Bertz CT molecular complexity index is 300. The third-order valence-corrected chi connectivity index (χ3v) is 7.41. The second kappa shape index (κ2) is 8.20. The van der Waals surface area contributed by atoms with E-state index in [2.05, 4.69) is 41.5 Å². The molecular weight excluding hydrogens is 264 g/mol. The summed E-state index contributed by atoms with van der Waals surface area (Å²) in [6.45, 7) is 14.7. The molecule has 0 heterocycles. The van der Waals surface area contributed by atoms with E-state index in [4.69, 9.17) is 0 Å². The molecule has 0 radical (unpaired) electrons. The van der Waals surface area contributed by atoms with Crippen LogP contribution in [0.1, 0.15) is 92.9 Å². The highest BCUT2D eigenvalue weighted by Crippen LogP contribution is 2.52. The van der Waals surface area contributed by atoms with Gasteiger partial charge in [0.15, 0.2) is 0 Å². The fraction of sp³-hybridized carbons (Fsp3) is 1.00. The minimum absolute atomic E-state index is 0.871. The Morgan fingerprint density at radius 1 is 0.773 bits per heavy atom. The minimum atomic E-state index is 0.871. The smallest absolute Gasteiger partial charge is 0.0380 e. The summed E-state index contributed by atoms with van der Waals surface area (Å²) >= 11 is 0. The number of fused-ring (bicyclic) bond motifs is 1. The molecule has 0 aromatic rings. The molecule has 2 fully saturated rings. The van der Waals surface area contributed by atoms with Crippen molar-refractivity contribution in [3.05, 3.63) is 0 Å². The normalized spacial score (nSPS) is 38.0. The molecule has 130 valence electrons. The molecule has 22 heavy (non-hydrogen) atoms. The Morgan fingerprint density at radius 2 is 1.32 bits per heavy atom. The van der Waals surface area contributed by atoms with Gasteiger partial charge >= 0.3 is 0 Å². The Labute approximate surface area is 140 Å². The van der Waals surface area contributed by atoms with Crippen LogP contribution in [0.15, 0.2) is 0 Å². The first-order valence-electron chi connectivity index (χ1n) is 10.4. The van der Waals surface area contributed by atoms with E-state index in [1.54, 1.807) is 12.8 Å². The molecule has 0 aromatic carbocycles. The maximum atomic E-state index is 2.50. The van der Waals surface area contributed by atoms with E-state index in [9.17, 15) is 0 Å². The Hall–Kier alpha value is 0. The summed E-state index contributed by atoms with van der Waals surface area (Å²) in [5.74, 6) is 8.03. The summed E-state index contributed by atoms with van der Waals surface area (Å²) in [5.41, 5.74) is 0. The molecule has 0 spiro atoms. The molecule has 0 heteroatoms. The molecular formula is C22H42. The zero-order chi connectivity index (χ0) is 16.3. The first-order chi connectivity index (χ1) is 10.4. The highest BCUT2D eigenvalue weighted by atomic mass is 14.5. The number of hydrogen-bond acceptors (Lipinski definition) is 0. The lowest BCUT2D eigenvalue weighted by molar-refractivity contribution is 0.157. The summed E-state index contributed by atoms with van der Waals surface area (Å²) in [6.07, 6.45) is 12.0. The van der Waals surface area contributed by atoms with Gasteiger partial charge in [0.25, 0.3) is 0 Å². The first-order valence-corrected chi connectivity index (χ1v) is 10.4. The van der Waals surface area contributed by atoms with Gasteiger partial charge in [-0.15, -0.1) is 0 Å². The van der Waals surface area contributed by atoms with Crippen molar-refractivity contribution in [1.82, 2.24) is 0 Å². The van der Waals surface area contributed by atoms with Gasteiger partial charge in [-0.2, -0.15) is 0 Å². The molecule has 0 nitrogen and oxygen atoms in total. The zero-order valence-corrected chi connectivity index (χ0v) is 16.3. The van der Waals surface area contributed by atoms with E-state index in [1.165, 1.54) is 38.5 Å². The van der Waals surface area contributed by atoms with Crippen LogP contribution in [0.25, 0.3) is 0 Å². The molecule has 2 rings (SSSR count). The fourth-order valence-electron chi connectivity index (χ4n) is 5.86. The van der Waals surface area contributed by atoms with Crippen LogP contribution in [0.2, 0.25) is 0 Å². The van der Waals surface area contributed by atoms with Crippen molar-refractivity contribution in [3.63, 3.8) is 0 Å². The van der Waals surface area contributed by atoms with Gasteiger partial charge in [-0.1, -0.05) is 54.4 Å². The van der Waals surface area contributed by atoms with Crippen molar-refractivity contribution in [3.8, 4) is 0 Å². The maximum absolute atomic E-state index is 2.50. The predicted octanol–water partition coefficient (Wildman–Crippen LogP) is 7.18. The minimum Gasteiger partial charge on any atom is -0.0651 e. The van der Waals surface area contributed by atoms with Crippen molar-refractivity contribution in [2.45, 2.75) is 92.9 Å². The Kier molecular flexibility index (Phi) is 6.84. The molecule has 2 saturated carbocycles. The molecule has 0 amide bonds. The quantitative estimate of drug-likeness (QED) is 0.467. The molecule has 0 N–H and O–H groups in total. The highest BCUT2D eigenvalue weighted by Gasteiger charge is 2.42. The molecule has 2 aliphatic carbocycles. The van der Waals surface area contributed by atoms with Crippen LogP contribution in [-0.4, -0.2) is 0 Å². The molecule has 2 aliphatic rings. The Morgan fingerprint density at radius 3 is 1.73 bits per heavy atom. The van der Waals surface area contributed by atoms with Gasteiger partial charge in [0.1, 0.15) is 0 Å². The lowest BCUT2D eigenvalue weighted by Crippen LogP contribution is -2.25. The third-order valence-electron chi connectivity index (χ3n) is 7.41. The summed E-state index contributed by atoms with van der Waals surface area (Å²) in [7, 11) is 0. The van der Waals surface area contributed by atoms with Crippen molar-refractivity contribution < 1.29 is 0 Å². The van der Waals surface area contributed by atoms with E-state index in [0.717, 1.165) is 47.3 Å². The predicted molar refractivity (Wildman–Crippen MR) is 98.9 cm³/mol. The van der Waals surface area contributed by atoms with Crippen LogP contribution in [0.3, 0.4) is 0 Å². The third kappa shape index (κ3) is 4.51. The van der Waals surface area contributed by atoms with Crippen LogP contribution >= 0.6 is 0 Å². The second-order valence-corrected chi connectivity index (χ2v) is 9.49. The molecule has 6 atom stereocenters. The highest BCUT2D eigenvalue weighted by molar-refractivity contribution is 4.92. The SMILES string of the molecule is CCC(CC(C)C)CC(CC)C1CC2CC(C)C(C)CC2C1. The van der Waals surface area contributed by atoms with E-state index in [0.29, 0.717) is 0 Å². The molecule has 0 bridgehead atoms. The summed E-state index contributed by atoms with van der Waals surface area (Å²) in [4.78, 5) is 0. The molecule has 0 saturated heterocycles. The van der Waals surface area contributed by atoms with E-state index in [1.807, 2.05) is 0 Å². The monoisotopic (exact) mass is 306 g/mol. The van der Waals surface area contributed by atoms with Crippen LogP contribution in [-0.2, 0) is 0 Å². The topological polar surface area (TPSA) is 0 Å². The van der Waals surface area contributed by atoms with Gasteiger partial charge in [0, 0.05) is 0 Å². The van der Waals surface area contributed by atoms with E-state index < -0.39 is 0 Å². The largest absolute Gasteiger partial charge is 0.0651 e.